The van der Waals surface area contributed by atoms with E-state index in [9.17, 15) is 0 Å². The minimum absolute atomic E-state index is 1.06. The van der Waals surface area contributed by atoms with Gasteiger partial charge in [0, 0.05) is 32.7 Å². The standard InChI is InChI=1S/C19H24N2/c1-2-17-9-8-16(15-21-12-10-20-11-13-21)14-19(17)18-6-4-3-5-7-18/h3-9,14,20H,2,10-13,15H2,1H3. The van der Waals surface area contributed by atoms with Crippen LogP contribution in [0, 0.1) is 0 Å². The van der Waals surface area contributed by atoms with E-state index in [0.29, 0.717) is 0 Å². The Bertz CT molecular complexity index is 571. The quantitative estimate of drug-likeness (QED) is 0.924. The van der Waals surface area contributed by atoms with E-state index >= 15 is 0 Å². The monoisotopic (exact) mass is 280 g/mol. The number of aryl methyl sites for hydroxylation is 1. The van der Waals surface area contributed by atoms with Gasteiger partial charge in [0.05, 0.1) is 0 Å². The molecule has 1 saturated heterocycles. The van der Waals surface area contributed by atoms with Crippen molar-refractivity contribution in [3.63, 3.8) is 0 Å². The number of hydrogen-bond acceptors (Lipinski definition) is 2. The van der Waals surface area contributed by atoms with Crippen molar-refractivity contribution in [1.82, 2.24) is 10.2 Å². The molecule has 0 unspecified atom stereocenters. The van der Waals surface area contributed by atoms with Crippen molar-refractivity contribution in [3.05, 3.63) is 59.7 Å². The summed E-state index contributed by atoms with van der Waals surface area (Å²) in [4.78, 5) is 2.53. The summed E-state index contributed by atoms with van der Waals surface area (Å²) in [7, 11) is 0. The molecule has 2 aromatic carbocycles. The molecule has 1 heterocycles. The molecule has 1 N–H and O–H groups in total. The maximum Gasteiger partial charge on any atom is 0.0235 e. The molecule has 0 amide bonds. The molecule has 2 heteroatoms. The second-order valence-corrected chi connectivity index (χ2v) is 5.74. The number of nitrogens with one attached hydrogen (secondary N) is 1. The summed E-state index contributed by atoms with van der Waals surface area (Å²) >= 11 is 0. The third-order valence-corrected chi connectivity index (χ3v) is 4.26. The minimum Gasteiger partial charge on any atom is -0.314 e. The molecular weight excluding hydrogens is 256 g/mol. The Morgan fingerprint density at radius 3 is 2.48 bits per heavy atom. The Kier molecular flexibility index (Phi) is 4.69. The lowest BCUT2D eigenvalue weighted by Crippen LogP contribution is -2.42. The van der Waals surface area contributed by atoms with E-state index in [1.807, 2.05) is 0 Å². The van der Waals surface area contributed by atoms with Gasteiger partial charge in [0.2, 0.25) is 0 Å². The number of hydrogen-bond donors (Lipinski definition) is 1. The van der Waals surface area contributed by atoms with Crippen LogP contribution in [0.2, 0.25) is 0 Å². The highest BCUT2D eigenvalue weighted by Gasteiger charge is 2.11. The topological polar surface area (TPSA) is 15.3 Å². The van der Waals surface area contributed by atoms with Gasteiger partial charge in [-0.3, -0.25) is 4.90 Å². The van der Waals surface area contributed by atoms with Crippen LogP contribution in [0.4, 0.5) is 0 Å². The lowest BCUT2D eigenvalue weighted by molar-refractivity contribution is 0.233. The largest absolute Gasteiger partial charge is 0.314 e. The van der Waals surface area contributed by atoms with Crippen molar-refractivity contribution >= 4 is 0 Å². The second-order valence-electron chi connectivity index (χ2n) is 5.74. The van der Waals surface area contributed by atoms with Crippen molar-refractivity contribution in [2.24, 2.45) is 0 Å². The molecule has 0 aliphatic carbocycles. The van der Waals surface area contributed by atoms with Gasteiger partial charge < -0.3 is 5.32 Å². The normalized spacial score (nSPS) is 16.0. The summed E-state index contributed by atoms with van der Waals surface area (Å²) in [5, 5.41) is 3.41. The predicted molar refractivity (Wildman–Crippen MR) is 89.4 cm³/mol. The molecule has 0 radical (unpaired) electrons. The lowest BCUT2D eigenvalue weighted by atomic mass is 9.95. The van der Waals surface area contributed by atoms with E-state index in [4.69, 9.17) is 0 Å². The van der Waals surface area contributed by atoms with Gasteiger partial charge in [-0.2, -0.15) is 0 Å². The Hall–Kier alpha value is -1.64. The average Bonchev–Trinajstić information content (AvgIpc) is 2.56. The Balaban J connectivity index is 1.86. The first-order valence-corrected chi connectivity index (χ1v) is 7.97. The van der Waals surface area contributed by atoms with Crippen LogP contribution in [0.1, 0.15) is 18.1 Å². The number of nitrogens with zero attached hydrogens (tertiary/aromatic N) is 1. The minimum atomic E-state index is 1.06. The van der Waals surface area contributed by atoms with Crippen molar-refractivity contribution in [3.8, 4) is 11.1 Å². The number of rotatable bonds is 4. The zero-order chi connectivity index (χ0) is 14.5. The van der Waals surface area contributed by atoms with Crippen molar-refractivity contribution < 1.29 is 0 Å². The van der Waals surface area contributed by atoms with E-state index in [1.54, 1.807) is 0 Å². The summed E-state index contributed by atoms with van der Waals surface area (Å²) in [6.07, 6.45) is 1.08. The van der Waals surface area contributed by atoms with Gasteiger partial charge in [-0.05, 0) is 34.7 Å². The third kappa shape index (κ3) is 3.52. The third-order valence-electron chi connectivity index (χ3n) is 4.26. The van der Waals surface area contributed by atoms with Gasteiger partial charge in [-0.15, -0.1) is 0 Å². The van der Waals surface area contributed by atoms with Crippen LogP contribution in [-0.4, -0.2) is 31.1 Å². The molecule has 110 valence electrons. The fraction of sp³-hybridized carbons (Fsp3) is 0.368. The molecule has 0 bridgehead atoms. The number of piperazine rings is 1. The molecule has 0 spiro atoms. The average molecular weight is 280 g/mol. The summed E-state index contributed by atoms with van der Waals surface area (Å²) in [6, 6.07) is 17.7. The maximum atomic E-state index is 3.41. The first-order valence-electron chi connectivity index (χ1n) is 7.97. The Morgan fingerprint density at radius 1 is 1.00 bits per heavy atom. The van der Waals surface area contributed by atoms with Crippen LogP contribution in [0.3, 0.4) is 0 Å². The molecule has 3 rings (SSSR count). The van der Waals surface area contributed by atoms with Crippen LogP contribution in [-0.2, 0) is 13.0 Å². The van der Waals surface area contributed by atoms with Crippen LogP contribution in [0.15, 0.2) is 48.5 Å². The van der Waals surface area contributed by atoms with Crippen LogP contribution in [0.5, 0.6) is 0 Å². The molecule has 1 aliphatic heterocycles. The number of benzene rings is 2. The first-order chi connectivity index (χ1) is 10.4. The molecule has 1 aliphatic rings. The SMILES string of the molecule is CCc1ccc(CN2CCNCC2)cc1-c1ccccc1. The van der Waals surface area contributed by atoms with Gasteiger partial charge >= 0.3 is 0 Å². The first kappa shape index (κ1) is 14.3. The molecule has 21 heavy (non-hydrogen) atoms. The molecule has 0 saturated carbocycles. The highest BCUT2D eigenvalue weighted by Crippen LogP contribution is 2.26. The van der Waals surface area contributed by atoms with Crippen LogP contribution < -0.4 is 5.32 Å². The smallest absolute Gasteiger partial charge is 0.0235 e. The molecule has 1 fully saturated rings. The Labute approximate surface area is 127 Å². The van der Waals surface area contributed by atoms with Crippen LogP contribution >= 0.6 is 0 Å². The zero-order valence-corrected chi connectivity index (χ0v) is 12.8. The highest BCUT2D eigenvalue weighted by molar-refractivity contribution is 5.68. The Morgan fingerprint density at radius 2 is 1.76 bits per heavy atom. The van der Waals surface area contributed by atoms with E-state index < -0.39 is 0 Å². The lowest BCUT2D eigenvalue weighted by Gasteiger charge is -2.27. The summed E-state index contributed by atoms with van der Waals surface area (Å²) < 4.78 is 0. The van der Waals surface area contributed by atoms with E-state index in [1.165, 1.54) is 22.3 Å². The van der Waals surface area contributed by atoms with Gasteiger partial charge in [0.25, 0.3) is 0 Å². The highest BCUT2D eigenvalue weighted by atomic mass is 15.2. The second kappa shape index (κ2) is 6.88. The predicted octanol–water partition coefficient (Wildman–Crippen LogP) is 3.32. The van der Waals surface area contributed by atoms with Crippen molar-refractivity contribution in [2.75, 3.05) is 26.2 Å². The molecule has 0 aromatic heterocycles. The van der Waals surface area contributed by atoms with E-state index in [2.05, 4.69) is 65.7 Å². The van der Waals surface area contributed by atoms with Gasteiger partial charge in [-0.1, -0.05) is 49.4 Å². The zero-order valence-electron chi connectivity index (χ0n) is 12.8. The fourth-order valence-corrected chi connectivity index (χ4v) is 3.04. The van der Waals surface area contributed by atoms with Gasteiger partial charge in [0.1, 0.15) is 0 Å². The summed E-state index contributed by atoms with van der Waals surface area (Å²) in [5.74, 6) is 0. The maximum absolute atomic E-state index is 3.41. The fourth-order valence-electron chi connectivity index (χ4n) is 3.04. The molecular formula is C19H24N2. The van der Waals surface area contributed by atoms with Crippen molar-refractivity contribution in [1.29, 1.82) is 0 Å². The molecule has 2 nitrogen and oxygen atoms in total. The molecule has 0 atom stereocenters. The van der Waals surface area contributed by atoms with E-state index in [0.717, 1.165) is 39.1 Å². The van der Waals surface area contributed by atoms with Gasteiger partial charge in [0.15, 0.2) is 0 Å². The van der Waals surface area contributed by atoms with Crippen molar-refractivity contribution in [2.45, 2.75) is 19.9 Å². The summed E-state index contributed by atoms with van der Waals surface area (Å²) in [6.45, 7) is 7.81. The van der Waals surface area contributed by atoms with E-state index in [-0.39, 0.29) is 0 Å². The van der Waals surface area contributed by atoms with Gasteiger partial charge in [-0.25, -0.2) is 0 Å². The molecule has 2 aromatic rings. The summed E-state index contributed by atoms with van der Waals surface area (Å²) in [5.41, 5.74) is 5.58. The van der Waals surface area contributed by atoms with Crippen LogP contribution in [0.25, 0.3) is 11.1 Å².